The molecule has 1 aromatic heterocycles. The van der Waals surface area contributed by atoms with Crippen LogP contribution in [0.5, 0.6) is 0 Å². The lowest BCUT2D eigenvalue weighted by atomic mass is 10.1. The van der Waals surface area contributed by atoms with Gasteiger partial charge in [-0.25, -0.2) is 4.98 Å². The molecule has 2 saturated heterocycles. The first-order valence-electron chi connectivity index (χ1n) is 6.64. The molecule has 3 heterocycles. The minimum atomic E-state index is 0.163. The van der Waals surface area contributed by atoms with Crippen LogP contribution in [-0.2, 0) is 4.74 Å². The molecule has 2 fully saturated rings. The second-order valence-corrected chi connectivity index (χ2v) is 5.04. The molecule has 4 heteroatoms. The maximum Gasteiger partial charge on any atom is 0.199 e. The number of hydrogen-bond donors (Lipinski definition) is 1. The molecule has 2 unspecified atom stereocenters. The van der Waals surface area contributed by atoms with E-state index in [1.807, 2.05) is 6.92 Å². The second-order valence-electron chi connectivity index (χ2n) is 5.04. The van der Waals surface area contributed by atoms with E-state index in [0.717, 1.165) is 49.9 Å². The fourth-order valence-electron chi connectivity index (χ4n) is 2.72. The SMILES string of the molecule is Cc1oc(C2CCNC2)nc1C1CCCCO1. The number of aromatic nitrogens is 1. The summed E-state index contributed by atoms with van der Waals surface area (Å²) in [6.45, 7) is 4.93. The fourth-order valence-corrected chi connectivity index (χ4v) is 2.72. The molecule has 3 rings (SSSR count). The number of aryl methyl sites for hydroxylation is 1. The zero-order valence-electron chi connectivity index (χ0n) is 10.4. The van der Waals surface area contributed by atoms with Gasteiger partial charge in [-0.05, 0) is 39.2 Å². The predicted molar refractivity (Wildman–Crippen MR) is 64.0 cm³/mol. The highest BCUT2D eigenvalue weighted by Gasteiger charge is 2.27. The molecular weight excluding hydrogens is 216 g/mol. The van der Waals surface area contributed by atoms with Crippen molar-refractivity contribution in [2.24, 2.45) is 0 Å². The van der Waals surface area contributed by atoms with Crippen LogP contribution >= 0.6 is 0 Å². The molecule has 2 aliphatic rings. The zero-order valence-corrected chi connectivity index (χ0v) is 10.4. The number of oxazole rings is 1. The topological polar surface area (TPSA) is 47.3 Å². The molecule has 0 bridgehead atoms. The van der Waals surface area contributed by atoms with Gasteiger partial charge in [-0.15, -0.1) is 0 Å². The third-order valence-electron chi connectivity index (χ3n) is 3.74. The highest BCUT2D eigenvalue weighted by Crippen LogP contribution is 2.32. The molecule has 2 atom stereocenters. The van der Waals surface area contributed by atoms with Gasteiger partial charge in [0.05, 0.1) is 0 Å². The Labute approximate surface area is 102 Å². The number of ether oxygens (including phenoxy) is 1. The van der Waals surface area contributed by atoms with Gasteiger partial charge in [0.2, 0.25) is 0 Å². The third kappa shape index (κ3) is 2.24. The quantitative estimate of drug-likeness (QED) is 0.856. The van der Waals surface area contributed by atoms with Crippen molar-refractivity contribution < 1.29 is 9.15 Å². The van der Waals surface area contributed by atoms with Crippen LogP contribution in [-0.4, -0.2) is 24.7 Å². The van der Waals surface area contributed by atoms with Crippen LogP contribution in [0.4, 0.5) is 0 Å². The largest absolute Gasteiger partial charge is 0.445 e. The van der Waals surface area contributed by atoms with E-state index in [9.17, 15) is 0 Å². The lowest BCUT2D eigenvalue weighted by Crippen LogP contribution is -2.13. The molecule has 0 radical (unpaired) electrons. The number of hydrogen-bond acceptors (Lipinski definition) is 4. The van der Waals surface area contributed by atoms with E-state index in [0.29, 0.717) is 5.92 Å². The average Bonchev–Trinajstić information content (AvgIpc) is 2.99. The fraction of sp³-hybridized carbons (Fsp3) is 0.769. The van der Waals surface area contributed by atoms with Crippen LogP contribution in [0, 0.1) is 6.92 Å². The minimum absolute atomic E-state index is 0.163. The van der Waals surface area contributed by atoms with Crippen LogP contribution in [0.25, 0.3) is 0 Å². The van der Waals surface area contributed by atoms with Crippen LogP contribution in [0.15, 0.2) is 4.42 Å². The summed E-state index contributed by atoms with van der Waals surface area (Å²) < 4.78 is 11.6. The number of rotatable bonds is 2. The molecule has 4 nitrogen and oxygen atoms in total. The van der Waals surface area contributed by atoms with Gasteiger partial charge in [-0.1, -0.05) is 0 Å². The molecule has 94 valence electrons. The molecule has 1 N–H and O–H groups in total. The predicted octanol–water partition coefficient (Wildman–Crippen LogP) is 2.30. The van der Waals surface area contributed by atoms with Gasteiger partial charge in [0.1, 0.15) is 17.6 Å². The van der Waals surface area contributed by atoms with Gasteiger partial charge in [-0.2, -0.15) is 0 Å². The van der Waals surface area contributed by atoms with Crippen molar-refractivity contribution in [1.29, 1.82) is 0 Å². The van der Waals surface area contributed by atoms with Crippen molar-refractivity contribution in [2.75, 3.05) is 19.7 Å². The Morgan fingerprint density at radius 3 is 2.94 bits per heavy atom. The lowest BCUT2D eigenvalue weighted by molar-refractivity contribution is 0.0117. The molecule has 2 aliphatic heterocycles. The Morgan fingerprint density at radius 1 is 1.29 bits per heavy atom. The molecule has 0 aliphatic carbocycles. The first-order chi connectivity index (χ1) is 8.34. The molecule has 1 aromatic rings. The summed E-state index contributed by atoms with van der Waals surface area (Å²) in [6.07, 6.45) is 4.78. The molecular formula is C13H20N2O2. The summed E-state index contributed by atoms with van der Waals surface area (Å²) >= 11 is 0. The monoisotopic (exact) mass is 236 g/mol. The van der Waals surface area contributed by atoms with Gasteiger partial charge in [0.15, 0.2) is 5.89 Å². The molecule has 17 heavy (non-hydrogen) atoms. The summed E-state index contributed by atoms with van der Waals surface area (Å²) in [7, 11) is 0. The van der Waals surface area contributed by atoms with Gasteiger partial charge in [-0.3, -0.25) is 0 Å². The normalized spacial score (nSPS) is 29.7. The van der Waals surface area contributed by atoms with E-state index in [4.69, 9.17) is 9.15 Å². The summed E-state index contributed by atoms with van der Waals surface area (Å²) in [4.78, 5) is 4.68. The first-order valence-corrected chi connectivity index (χ1v) is 6.64. The van der Waals surface area contributed by atoms with Gasteiger partial charge in [0, 0.05) is 19.1 Å². The summed E-state index contributed by atoms with van der Waals surface area (Å²) in [5.41, 5.74) is 1.03. The van der Waals surface area contributed by atoms with E-state index in [1.54, 1.807) is 0 Å². The van der Waals surface area contributed by atoms with E-state index >= 15 is 0 Å². The van der Waals surface area contributed by atoms with Crippen LogP contribution < -0.4 is 5.32 Å². The van der Waals surface area contributed by atoms with E-state index in [2.05, 4.69) is 10.3 Å². The third-order valence-corrected chi connectivity index (χ3v) is 3.74. The van der Waals surface area contributed by atoms with Crippen molar-refractivity contribution in [1.82, 2.24) is 10.3 Å². The standard InChI is InChI=1S/C13H20N2O2/c1-9-12(11-4-2-3-7-16-11)15-13(17-9)10-5-6-14-8-10/h10-11,14H,2-8H2,1H3. The Kier molecular flexibility index (Phi) is 3.16. The van der Waals surface area contributed by atoms with Crippen molar-refractivity contribution in [3.63, 3.8) is 0 Å². The highest BCUT2D eigenvalue weighted by atomic mass is 16.5. The van der Waals surface area contributed by atoms with Crippen molar-refractivity contribution in [2.45, 2.75) is 44.6 Å². The van der Waals surface area contributed by atoms with Crippen molar-refractivity contribution in [3.05, 3.63) is 17.3 Å². The van der Waals surface area contributed by atoms with E-state index < -0.39 is 0 Å². The summed E-state index contributed by atoms with van der Waals surface area (Å²) in [5, 5.41) is 3.35. The maximum atomic E-state index is 5.82. The Balaban J connectivity index is 1.79. The lowest BCUT2D eigenvalue weighted by Gasteiger charge is -2.20. The van der Waals surface area contributed by atoms with Gasteiger partial charge < -0.3 is 14.5 Å². The molecule has 0 spiro atoms. The van der Waals surface area contributed by atoms with E-state index in [-0.39, 0.29) is 6.10 Å². The Bertz CT molecular complexity index is 377. The highest BCUT2D eigenvalue weighted by molar-refractivity contribution is 5.14. The molecule has 0 saturated carbocycles. The first kappa shape index (κ1) is 11.2. The number of nitrogens with zero attached hydrogens (tertiary/aromatic N) is 1. The van der Waals surface area contributed by atoms with Crippen molar-refractivity contribution in [3.8, 4) is 0 Å². The minimum Gasteiger partial charge on any atom is -0.445 e. The Hall–Kier alpha value is -0.870. The Morgan fingerprint density at radius 2 is 2.24 bits per heavy atom. The molecule has 0 amide bonds. The number of nitrogens with one attached hydrogen (secondary N) is 1. The van der Waals surface area contributed by atoms with Gasteiger partial charge in [0.25, 0.3) is 0 Å². The second kappa shape index (κ2) is 4.78. The average molecular weight is 236 g/mol. The van der Waals surface area contributed by atoms with Crippen LogP contribution in [0.1, 0.15) is 55.1 Å². The van der Waals surface area contributed by atoms with Crippen LogP contribution in [0.2, 0.25) is 0 Å². The van der Waals surface area contributed by atoms with Crippen LogP contribution in [0.3, 0.4) is 0 Å². The zero-order chi connectivity index (χ0) is 11.7. The summed E-state index contributed by atoms with van der Waals surface area (Å²) in [6, 6.07) is 0. The molecule has 0 aromatic carbocycles. The van der Waals surface area contributed by atoms with Gasteiger partial charge >= 0.3 is 0 Å². The maximum absolute atomic E-state index is 5.82. The van der Waals surface area contributed by atoms with E-state index in [1.165, 1.54) is 12.8 Å². The smallest absolute Gasteiger partial charge is 0.199 e. The van der Waals surface area contributed by atoms with Crippen molar-refractivity contribution >= 4 is 0 Å². The summed E-state index contributed by atoms with van der Waals surface area (Å²) in [5.74, 6) is 2.29.